The first-order valence-electron chi connectivity index (χ1n) is 5.66. The Morgan fingerprint density at radius 1 is 1.41 bits per heavy atom. The van der Waals surface area contributed by atoms with Crippen molar-refractivity contribution in [1.29, 1.82) is 0 Å². The van der Waals surface area contributed by atoms with Gasteiger partial charge >= 0.3 is 6.09 Å². The summed E-state index contributed by atoms with van der Waals surface area (Å²) < 4.78 is 9.58. The van der Waals surface area contributed by atoms with Gasteiger partial charge in [-0.15, -0.1) is 0 Å². The molecule has 1 amide bonds. The second kappa shape index (κ2) is 7.89. The third kappa shape index (κ3) is 11.0. The summed E-state index contributed by atoms with van der Waals surface area (Å²) in [5.41, 5.74) is 4.96. The Hall–Kier alpha value is -1.30. The zero-order valence-electron chi connectivity index (χ0n) is 10.7. The fourth-order valence-corrected chi connectivity index (χ4v) is 1.11. The van der Waals surface area contributed by atoms with Crippen molar-refractivity contribution in [3.63, 3.8) is 0 Å². The first-order chi connectivity index (χ1) is 7.85. The van der Waals surface area contributed by atoms with Gasteiger partial charge in [-0.2, -0.15) is 0 Å². The zero-order valence-corrected chi connectivity index (χ0v) is 10.7. The number of hydrogen-bond acceptors (Lipinski definition) is 5. The third-order valence-electron chi connectivity index (χ3n) is 1.81. The van der Waals surface area contributed by atoms with Crippen molar-refractivity contribution in [2.24, 2.45) is 5.73 Å². The predicted molar refractivity (Wildman–Crippen MR) is 63.2 cm³/mol. The lowest BCUT2D eigenvalue weighted by Crippen LogP contribution is -2.33. The minimum atomic E-state index is -0.561. The molecule has 6 heteroatoms. The highest BCUT2D eigenvalue weighted by atomic mass is 16.6. The number of carbonyl (C=O) groups is 2. The first kappa shape index (κ1) is 15.7. The van der Waals surface area contributed by atoms with E-state index in [0.717, 1.165) is 12.8 Å². The Morgan fingerprint density at radius 3 is 2.59 bits per heavy atom. The van der Waals surface area contributed by atoms with Crippen LogP contribution in [0, 0.1) is 0 Å². The van der Waals surface area contributed by atoms with Crippen LogP contribution >= 0.6 is 0 Å². The van der Waals surface area contributed by atoms with Gasteiger partial charge in [0.2, 0.25) is 0 Å². The van der Waals surface area contributed by atoms with Crippen LogP contribution in [0.3, 0.4) is 0 Å². The SMILES string of the molecule is CC(C)(C)OC(=O)NCCCC[C@H](N)OC=O. The maximum Gasteiger partial charge on any atom is 0.407 e. The van der Waals surface area contributed by atoms with Gasteiger partial charge in [-0.25, -0.2) is 4.79 Å². The molecular weight excluding hydrogens is 224 g/mol. The van der Waals surface area contributed by atoms with E-state index in [1.165, 1.54) is 0 Å². The van der Waals surface area contributed by atoms with E-state index < -0.39 is 17.9 Å². The number of rotatable bonds is 7. The molecule has 3 N–H and O–H groups in total. The molecule has 0 aliphatic carbocycles. The van der Waals surface area contributed by atoms with Crippen LogP contribution < -0.4 is 11.1 Å². The molecule has 0 heterocycles. The number of nitrogens with two attached hydrogens (primary N) is 1. The van der Waals surface area contributed by atoms with Crippen molar-refractivity contribution in [3.05, 3.63) is 0 Å². The molecule has 0 aromatic heterocycles. The van der Waals surface area contributed by atoms with Crippen LogP contribution in [0.1, 0.15) is 40.0 Å². The van der Waals surface area contributed by atoms with Crippen molar-refractivity contribution in [1.82, 2.24) is 5.32 Å². The topological polar surface area (TPSA) is 90.7 Å². The van der Waals surface area contributed by atoms with E-state index in [-0.39, 0.29) is 0 Å². The lowest BCUT2D eigenvalue weighted by Gasteiger charge is -2.19. The van der Waals surface area contributed by atoms with Gasteiger partial charge in [0.05, 0.1) is 0 Å². The van der Waals surface area contributed by atoms with Crippen molar-refractivity contribution >= 4 is 12.6 Å². The number of hydrogen-bond donors (Lipinski definition) is 2. The molecule has 0 fully saturated rings. The Morgan fingerprint density at radius 2 is 2.06 bits per heavy atom. The second-order valence-electron chi connectivity index (χ2n) is 4.70. The highest BCUT2D eigenvalue weighted by Crippen LogP contribution is 2.06. The molecule has 0 spiro atoms. The summed E-state index contributed by atoms with van der Waals surface area (Å²) in [6, 6.07) is 0. The number of carbonyl (C=O) groups excluding carboxylic acids is 2. The van der Waals surface area contributed by atoms with E-state index in [1.54, 1.807) is 0 Å². The summed E-state index contributed by atoms with van der Waals surface area (Å²) in [6.45, 7) is 6.28. The van der Waals surface area contributed by atoms with Gasteiger partial charge in [0.25, 0.3) is 6.47 Å². The molecule has 17 heavy (non-hydrogen) atoms. The van der Waals surface area contributed by atoms with E-state index in [1.807, 2.05) is 20.8 Å². The van der Waals surface area contributed by atoms with Gasteiger partial charge in [0, 0.05) is 6.54 Å². The molecular formula is C11H22N2O4. The van der Waals surface area contributed by atoms with Gasteiger partial charge in [-0.05, 0) is 40.0 Å². The van der Waals surface area contributed by atoms with Gasteiger partial charge in [0.15, 0.2) is 6.23 Å². The summed E-state index contributed by atoms with van der Waals surface area (Å²) in [5.74, 6) is 0. The van der Waals surface area contributed by atoms with E-state index in [2.05, 4.69) is 10.1 Å². The zero-order chi connectivity index (χ0) is 13.3. The summed E-state index contributed by atoms with van der Waals surface area (Å²) in [7, 11) is 0. The van der Waals surface area contributed by atoms with Crippen molar-refractivity contribution in [3.8, 4) is 0 Å². The number of amides is 1. The summed E-state index contributed by atoms with van der Waals surface area (Å²) in [5, 5.41) is 2.63. The fourth-order valence-electron chi connectivity index (χ4n) is 1.11. The van der Waals surface area contributed by atoms with E-state index in [9.17, 15) is 9.59 Å². The lowest BCUT2D eigenvalue weighted by molar-refractivity contribution is -0.133. The molecule has 0 aromatic rings. The number of nitrogens with one attached hydrogen (secondary N) is 1. The van der Waals surface area contributed by atoms with E-state index in [0.29, 0.717) is 19.4 Å². The summed E-state index contributed by atoms with van der Waals surface area (Å²) in [4.78, 5) is 21.2. The van der Waals surface area contributed by atoms with Gasteiger partial charge in [-0.1, -0.05) is 0 Å². The molecule has 0 saturated carbocycles. The van der Waals surface area contributed by atoms with Crippen LogP contribution in [0.15, 0.2) is 0 Å². The molecule has 0 aliphatic rings. The molecule has 0 rings (SSSR count). The molecule has 0 bridgehead atoms. The van der Waals surface area contributed by atoms with E-state index in [4.69, 9.17) is 10.5 Å². The van der Waals surface area contributed by atoms with Crippen LogP contribution in [0.5, 0.6) is 0 Å². The Labute approximate surface area is 102 Å². The minimum Gasteiger partial charge on any atom is -0.449 e. The van der Waals surface area contributed by atoms with Crippen molar-refractivity contribution < 1.29 is 19.1 Å². The molecule has 100 valence electrons. The highest BCUT2D eigenvalue weighted by Gasteiger charge is 2.15. The summed E-state index contributed by atoms with van der Waals surface area (Å²) >= 11 is 0. The molecule has 0 aliphatic heterocycles. The Balaban J connectivity index is 3.45. The standard InChI is InChI=1S/C11H22N2O4/c1-11(2,3)17-10(15)13-7-5-4-6-9(12)16-8-14/h8-9H,4-7,12H2,1-3H3,(H,13,15)/t9-/m1/s1. The predicted octanol–water partition coefficient (Wildman–Crippen LogP) is 1.14. The normalized spacial score (nSPS) is 12.7. The fraction of sp³-hybridized carbons (Fsp3) is 0.818. The molecule has 0 radical (unpaired) electrons. The van der Waals surface area contributed by atoms with Gasteiger partial charge in [-0.3, -0.25) is 10.5 Å². The molecule has 0 unspecified atom stereocenters. The van der Waals surface area contributed by atoms with Crippen LogP contribution in [-0.4, -0.2) is 30.9 Å². The Bertz CT molecular complexity index is 238. The quantitative estimate of drug-likeness (QED) is 0.399. The van der Waals surface area contributed by atoms with Gasteiger partial charge in [0.1, 0.15) is 5.60 Å². The van der Waals surface area contributed by atoms with Crippen LogP contribution in [0.4, 0.5) is 4.79 Å². The summed E-state index contributed by atoms with van der Waals surface area (Å²) in [6.07, 6.45) is 1.12. The minimum absolute atomic E-state index is 0.337. The molecule has 0 saturated heterocycles. The van der Waals surface area contributed by atoms with Crippen molar-refractivity contribution in [2.75, 3.05) is 6.54 Å². The highest BCUT2D eigenvalue weighted by molar-refractivity contribution is 5.67. The maximum atomic E-state index is 11.2. The Kier molecular flexibility index (Phi) is 7.29. The van der Waals surface area contributed by atoms with Crippen LogP contribution in [0.2, 0.25) is 0 Å². The van der Waals surface area contributed by atoms with E-state index >= 15 is 0 Å². The van der Waals surface area contributed by atoms with Crippen molar-refractivity contribution in [2.45, 2.75) is 51.9 Å². The smallest absolute Gasteiger partial charge is 0.407 e. The maximum absolute atomic E-state index is 11.2. The first-order valence-corrected chi connectivity index (χ1v) is 5.66. The molecule has 1 atom stereocenters. The molecule has 0 aromatic carbocycles. The van der Waals surface area contributed by atoms with Crippen LogP contribution in [-0.2, 0) is 14.3 Å². The second-order valence-corrected chi connectivity index (χ2v) is 4.70. The average Bonchev–Trinajstić information content (AvgIpc) is 2.14. The van der Waals surface area contributed by atoms with Gasteiger partial charge < -0.3 is 14.8 Å². The number of unbranched alkanes of at least 4 members (excludes halogenated alkanes) is 1. The number of ether oxygens (including phenoxy) is 2. The molecule has 6 nitrogen and oxygen atoms in total. The number of alkyl carbamates (subject to hydrolysis) is 1. The average molecular weight is 246 g/mol. The van der Waals surface area contributed by atoms with Crippen LogP contribution in [0.25, 0.3) is 0 Å². The monoisotopic (exact) mass is 246 g/mol. The third-order valence-corrected chi connectivity index (χ3v) is 1.81. The lowest BCUT2D eigenvalue weighted by atomic mass is 10.2. The largest absolute Gasteiger partial charge is 0.449 e.